The molecule has 76 valence electrons. The van der Waals surface area contributed by atoms with Crippen molar-refractivity contribution in [1.29, 1.82) is 0 Å². The average Bonchev–Trinajstić information content (AvgIpc) is 2.29. The zero-order valence-electron chi connectivity index (χ0n) is 9.12. The predicted octanol–water partition coefficient (Wildman–Crippen LogP) is 3.70. The molecule has 0 radical (unpaired) electrons. The molecule has 2 rings (SSSR count). The molecular weight excluding hydrogens is 182 g/mol. The number of hydrogen-bond acceptors (Lipinski definition) is 1. The predicted molar refractivity (Wildman–Crippen MR) is 66.2 cm³/mol. The lowest BCUT2D eigenvalue weighted by atomic mass is 10.0. The van der Waals surface area contributed by atoms with Crippen LogP contribution in [0.5, 0.6) is 0 Å². The topological polar surface area (TPSA) is 12.0 Å². The lowest BCUT2D eigenvalue weighted by Gasteiger charge is -2.04. The van der Waals surface area contributed by atoms with E-state index in [2.05, 4.69) is 60.8 Å². The fraction of sp³-hybridized carbons (Fsp3) is 0.143. The largest absolute Gasteiger partial charge is 0.388 e. The van der Waals surface area contributed by atoms with Gasteiger partial charge in [-0.25, -0.2) is 0 Å². The second-order valence-electron chi connectivity index (χ2n) is 3.70. The number of aryl methyl sites for hydroxylation is 1. The first-order valence-corrected chi connectivity index (χ1v) is 5.14. The SMILES string of the molecule is CNc1ccc(-c2cccc(C)c2)cc1. The summed E-state index contributed by atoms with van der Waals surface area (Å²) in [6.07, 6.45) is 0. The molecule has 2 aromatic carbocycles. The van der Waals surface area contributed by atoms with Crippen LogP contribution in [0.15, 0.2) is 48.5 Å². The summed E-state index contributed by atoms with van der Waals surface area (Å²) in [7, 11) is 1.93. The van der Waals surface area contributed by atoms with E-state index in [1.807, 2.05) is 7.05 Å². The molecule has 0 spiro atoms. The van der Waals surface area contributed by atoms with Crippen molar-refractivity contribution in [2.75, 3.05) is 12.4 Å². The van der Waals surface area contributed by atoms with Crippen LogP contribution in [0.1, 0.15) is 5.56 Å². The molecule has 0 saturated heterocycles. The van der Waals surface area contributed by atoms with E-state index in [0.717, 1.165) is 5.69 Å². The Morgan fingerprint density at radius 3 is 2.20 bits per heavy atom. The second kappa shape index (κ2) is 4.18. The van der Waals surface area contributed by atoms with Crippen LogP contribution in [-0.4, -0.2) is 7.05 Å². The number of rotatable bonds is 2. The van der Waals surface area contributed by atoms with Crippen molar-refractivity contribution >= 4 is 5.69 Å². The zero-order chi connectivity index (χ0) is 10.7. The van der Waals surface area contributed by atoms with Gasteiger partial charge in [-0.3, -0.25) is 0 Å². The van der Waals surface area contributed by atoms with E-state index in [9.17, 15) is 0 Å². The Kier molecular flexibility index (Phi) is 2.72. The molecule has 0 heterocycles. The van der Waals surface area contributed by atoms with E-state index in [-0.39, 0.29) is 0 Å². The maximum absolute atomic E-state index is 3.12. The molecule has 0 aliphatic heterocycles. The first-order chi connectivity index (χ1) is 7.29. The lowest BCUT2D eigenvalue weighted by molar-refractivity contribution is 1.46. The Morgan fingerprint density at radius 2 is 1.60 bits per heavy atom. The van der Waals surface area contributed by atoms with E-state index >= 15 is 0 Å². The first-order valence-electron chi connectivity index (χ1n) is 5.14. The molecule has 2 aromatic rings. The van der Waals surface area contributed by atoms with Crippen LogP contribution in [0.2, 0.25) is 0 Å². The quantitative estimate of drug-likeness (QED) is 0.774. The lowest BCUT2D eigenvalue weighted by Crippen LogP contribution is -1.87. The van der Waals surface area contributed by atoms with Gasteiger partial charge in [0.2, 0.25) is 0 Å². The van der Waals surface area contributed by atoms with Gasteiger partial charge in [-0.1, -0.05) is 42.0 Å². The summed E-state index contributed by atoms with van der Waals surface area (Å²) in [4.78, 5) is 0. The van der Waals surface area contributed by atoms with Crippen molar-refractivity contribution in [3.63, 3.8) is 0 Å². The van der Waals surface area contributed by atoms with Crippen LogP contribution < -0.4 is 5.32 Å². The number of hydrogen-bond donors (Lipinski definition) is 1. The van der Waals surface area contributed by atoms with Gasteiger partial charge in [-0.05, 0) is 30.2 Å². The summed E-state index contributed by atoms with van der Waals surface area (Å²) in [5.74, 6) is 0. The minimum atomic E-state index is 1.14. The molecule has 0 aliphatic carbocycles. The maximum atomic E-state index is 3.12. The zero-order valence-corrected chi connectivity index (χ0v) is 9.12. The molecule has 0 amide bonds. The third-order valence-corrected chi connectivity index (χ3v) is 2.52. The molecule has 0 fully saturated rings. The highest BCUT2D eigenvalue weighted by Gasteiger charge is 1.97. The van der Waals surface area contributed by atoms with Gasteiger partial charge in [0.05, 0.1) is 0 Å². The highest BCUT2D eigenvalue weighted by Crippen LogP contribution is 2.21. The highest BCUT2D eigenvalue weighted by atomic mass is 14.8. The van der Waals surface area contributed by atoms with Gasteiger partial charge in [0.15, 0.2) is 0 Å². The van der Waals surface area contributed by atoms with E-state index < -0.39 is 0 Å². The smallest absolute Gasteiger partial charge is 0.0337 e. The summed E-state index contributed by atoms with van der Waals surface area (Å²) in [5.41, 5.74) is 4.98. The molecule has 15 heavy (non-hydrogen) atoms. The van der Waals surface area contributed by atoms with Gasteiger partial charge >= 0.3 is 0 Å². The van der Waals surface area contributed by atoms with Gasteiger partial charge in [0.1, 0.15) is 0 Å². The molecule has 0 saturated carbocycles. The molecule has 1 N–H and O–H groups in total. The molecule has 0 bridgehead atoms. The molecule has 1 heteroatoms. The van der Waals surface area contributed by atoms with Gasteiger partial charge in [0, 0.05) is 12.7 Å². The van der Waals surface area contributed by atoms with Crippen LogP contribution in [0.3, 0.4) is 0 Å². The van der Waals surface area contributed by atoms with Crippen LogP contribution in [-0.2, 0) is 0 Å². The minimum absolute atomic E-state index is 1.14. The molecule has 0 aliphatic rings. The Labute approximate surface area is 90.8 Å². The van der Waals surface area contributed by atoms with Gasteiger partial charge < -0.3 is 5.32 Å². The van der Waals surface area contributed by atoms with Gasteiger partial charge in [-0.15, -0.1) is 0 Å². The van der Waals surface area contributed by atoms with Crippen LogP contribution in [0.25, 0.3) is 11.1 Å². The van der Waals surface area contributed by atoms with Crippen molar-refractivity contribution in [3.05, 3.63) is 54.1 Å². The van der Waals surface area contributed by atoms with Crippen molar-refractivity contribution in [1.82, 2.24) is 0 Å². The summed E-state index contributed by atoms with van der Waals surface area (Å²) in [6, 6.07) is 17.0. The third kappa shape index (κ3) is 2.18. The Morgan fingerprint density at radius 1 is 0.867 bits per heavy atom. The first kappa shape index (κ1) is 9.78. The highest BCUT2D eigenvalue weighted by molar-refractivity contribution is 5.66. The van der Waals surface area contributed by atoms with E-state index in [4.69, 9.17) is 0 Å². The van der Waals surface area contributed by atoms with Crippen LogP contribution >= 0.6 is 0 Å². The Bertz CT molecular complexity index is 443. The maximum Gasteiger partial charge on any atom is 0.0337 e. The summed E-state index contributed by atoms with van der Waals surface area (Å²) < 4.78 is 0. The van der Waals surface area contributed by atoms with Crippen molar-refractivity contribution < 1.29 is 0 Å². The number of anilines is 1. The Balaban J connectivity index is 2.37. The van der Waals surface area contributed by atoms with E-state index in [0.29, 0.717) is 0 Å². The van der Waals surface area contributed by atoms with Crippen LogP contribution in [0, 0.1) is 6.92 Å². The van der Waals surface area contributed by atoms with E-state index in [1.54, 1.807) is 0 Å². The summed E-state index contributed by atoms with van der Waals surface area (Å²) >= 11 is 0. The molecular formula is C14H15N. The average molecular weight is 197 g/mol. The standard InChI is InChI=1S/C14H15N/c1-11-4-3-5-13(10-11)12-6-8-14(15-2)9-7-12/h3-10,15H,1-2H3. The third-order valence-electron chi connectivity index (χ3n) is 2.52. The van der Waals surface area contributed by atoms with Gasteiger partial charge in [-0.2, -0.15) is 0 Å². The molecule has 1 nitrogen and oxygen atoms in total. The molecule has 0 unspecified atom stereocenters. The second-order valence-corrected chi connectivity index (χ2v) is 3.70. The normalized spacial score (nSPS) is 10.0. The fourth-order valence-electron chi connectivity index (χ4n) is 1.65. The van der Waals surface area contributed by atoms with E-state index in [1.165, 1.54) is 16.7 Å². The molecule has 0 aromatic heterocycles. The van der Waals surface area contributed by atoms with Crippen molar-refractivity contribution in [2.45, 2.75) is 6.92 Å². The molecule has 0 atom stereocenters. The van der Waals surface area contributed by atoms with Gasteiger partial charge in [0.25, 0.3) is 0 Å². The minimum Gasteiger partial charge on any atom is -0.388 e. The summed E-state index contributed by atoms with van der Waals surface area (Å²) in [6.45, 7) is 2.12. The Hall–Kier alpha value is -1.76. The van der Waals surface area contributed by atoms with Crippen LogP contribution in [0.4, 0.5) is 5.69 Å². The number of benzene rings is 2. The van der Waals surface area contributed by atoms with Crippen molar-refractivity contribution in [3.8, 4) is 11.1 Å². The monoisotopic (exact) mass is 197 g/mol. The summed E-state index contributed by atoms with van der Waals surface area (Å²) in [5, 5.41) is 3.12. The van der Waals surface area contributed by atoms with Crippen molar-refractivity contribution in [2.24, 2.45) is 0 Å². The fourth-order valence-corrected chi connectivity index (χ4v) is 1.65. The number of nitrogens with one attached hydrogen (secondary N) is 1.